The first kappa shape index (κ1) is 15.8. The maximum atomic E-state index is 12.0. The van der Waals surface area contributed by atoms with Gasteiger partial charge in [0.05, 0.1) is 0 Å². The SMILES string of the molecule is CNCc1cccc(C)c1OCC(=O)NC1CCOCC1. The molecular formula is C16H24N2O3. The van der Waals surface area contributed by atoms with Crippen molar-refractivity contribution in [3.05, 3.63) is 29.3 Å². The van der Waals surface area contributed by atoms with Crippen LogP contribution in [0.2, 0.25) is 0 Å². The molecule has 0 atom stereocenters. The summed E-state index contributed by atoms with van der Waals surface area (Å²) in [6, 6.07) is 6.21. The number of nitrogens with one attached hydrogen (secondary N) is 2. The Morgan fingerprint density at radius 2 is 2.14 bits per heavy atom. The van der Waals surface area contributed by atoms with Crippen LogP contribution in [0, 0.1) is 6.92 Å². The van der Waals surface area contributed by atoms with E-state index >= 15 is 0 Å². The Labute approximate surface area is 126 Å². The van der Waals surface area contributed by atoms with E-state index < -0.39 is 0 Å². The highest BCUT2D eigenvalue weighted by atomic mass is 16.5. The molecule has 1 saturated heterocycles. The summed E-state index contributed by atoms with van der Waals surface area (Å²) in [5.74, 6) is 0.731. The monoisotopic (exact) mass is 292 g/mol. The Bertz CT molecular complexity index is 471. The third kappa shape index (κ3) is 4.72. The van der Waals surface area contributed by atoms with Crippen molar-refractivity contribution in [3.8, 4) is 5.75 Å². The highest BCUT2D eigenvalue weighted by Crippen LogP contribution is 2.23. The number of carbonyl (C=O) groups is 1. The van der Waals surface area contributed by atoms with Crippen molar-refractivity contribution >= 4 is 5.91 Å². The van der Waals surface area contributed by atoms with Crippen LogP contribution in [0.5, 0.6) is 5.75 Å². The van der Waals surface area contributed by atoms with Gasteiger partial charge in [0.2, 0.25) is 0 Å². The molecule has 0 bridgehead atoms. The fourth-order valence-electron chi connectivity index (χ4n) is 2.50. The number of rotatable bonds is 6. The third-order valence-corrected chi connectivity index (χ3v) is 3.59. The van der Waals surface area contributed by atoms with Gasteiger partial charge in [-0.3, -0.25) is 4.79 Å². The molecule has 1 aromatic carbocycles. The van der Waals surface area contributed by atoms with Crippen molar-refractivity contribution in [3.63, 3.8) is 0 Å². The molecule has 0 saturated carbocycles. The second kappa shape index (κ2) is 8.00. The topological polar surface area (TPSA) is 59.6 Å². The number of aryl methyl sites for hydroxylation is 1. The molecule has 0 unspecified atom stereocenters. The normalized spacial score (nSPS) is 15.7. The largest absolute Gasteiger partial charge is 0.483 e. The minimum atomic E-state index is -0.0689. The molecule has 116 valence electrons. The van der Waals surface area contributed by atoms with Crippen molar-refractivity contribution in [1.29, 1.82) is 0 Å². The van der Waals surface area contributed by atoms with E-state index in [1.807, 2.05) is 32.2 Å². The van der Waals surface area contributed by atoms with Crippen molar-refractivity contribution in [2.24, 2.45) is 0 Å². The lowest BCUT2D eigenvalue weighted by molar-refractivity contribution is -0.124. The third-order valence-electron chi connectivity index (χ3n) is 3.59. The number of para-hydroxylation sites is 1. The smallest absolute Gasteiger partial charge is 0.258 e. The lowest BCUT2D eigenvalue weighted by Crippen LogP contribution is -2.41. The molecule has 2 N–H and O–H groups in total. The summed E-state index contributed by atoms with van der Waals surface area (Å²) >= 11 is 0. The van der Waals surface area contributed by atoms with Crippen LogP contribution in [-0.4, -0.2) is 38.8 Å². The molecule has 1 aliphatic heterocycles. The van der Waals surface area contributed by atoms with Crippen LogP contribution in [0.25, 0.3) is 0 Å². The Balaban J connectivity index is 1.88. The molecule has 1 aromatic rings. The van der Waals surface area contributed by atoms with Gasteiger partial charge in [0.15, 0.2) is 6.61 Å². The summed E-state index contributed by atoms with van der Waals surface area (Å²) < 4.78 is 11.0. The maximum absolute atomic E-state index is 12.0. The predicted molar refractivity (Wildman–Crippen MR) is 81.4 cm³/mol. The van der Waals surface area contributed by atoms with Gasteiger partial charge in [0, 0.05) is 31.4 Å². The molecule has 1 aliphatic rings. The number of hydrogen-bond acceptors (Lipinski definition) is 4. The summed E-state index contributed by atoms with van der Waals surface area (Å²) in [5.41, 5.74) is 2.11. The van der Waals surface area contributed by atoms with E-state index in [1.165, 1.54) is 0 Å². The molecule has 0 aliphatic carbocycles. The number of hydrogen-bond donors (Lipinski definition) is 2. The number of ether oxygens (including phenoxy) is 2. The van der Waals surface area contributed by atoms with E-state index in [0.29, 0.717) is 0 Å². The zero-order chi connectivity index (χ0) is 15.1. The van der Waals surface area contributed by atoms with E-state index in [4.69, 9.17) is 9.47 Å². The molecule has 0 aromatic heterocycles. The fraction of sp³-hybridized carbons (Fsp3) is 0.562. The molecule has 1 heterocycles. The predicted octanol–water partition coefficient (Wildman–Crippen LogP) is 1.39. The van der Waals surface area contributed by atoms with Crippen LogP contribution in [0.4, 0.5) is 0 Å². The highest BCUT2D eigenvalue weighted by Gasteiger charge is 2.16. The zero-order valence-corrected chi connectivity index (χ0v) is 12.8. The number of benzene rings is 1. The molecule has 0 spiro atoms. The van der Waals surface area contributed by atoms with E-state index in [1.54, 1.807) is 0 Å². The maximum Gasteiger partial charge on any atom is 0.258 e. The Kier molecular flexibility index (Phi) is 6.02. The zero-order valence-electron chi connectivity index (χ0n) is 12.8. The van der Waals surface area contributed by atoms with Crippen LogP contribution < -0.4 is 15.4 Å². The van der Waals surface area contributed by atoms with Crippen LogP contribution >= 0.6 is 0 Å². The van der Waals surface area contributed by atoms with Gasteiger partial charge in [0.25, 0.3) is 5.91 Å². The summed E-state index contributed by atoms with van der Waals surface area (Å²) in [5, 5.41) is 6.11. The summed E-state index contributed by atoms with van der Waals surface area (Å²) in [6.07, 6.45) is 1.75. The molecule has 5 nitrogen and oxygen atoms in total. The van der Waals surface area contributed by atoms with Gasteiger partial charge in [-0.25, -0.2) is 0 Å². The van der Waals surface area contributed by atoms with Crippen molar-refractivity contribution in [1.82, 2.24) is 10.6 Å². The van der Waals surface area contributed by atoms with E-state index in [0.717, 1.165) is 49.5 Å². The number of amides is 1. The van der Waals surface area contributed by atoms with Gasteiger partial charge in [-0.1, -0.05) is 18.2 Å². The van der Waals surface area contributed by atoms with Gasteiger partial charge in [-0.05, 0) is 32.4 Å². The Morgan fingerprint density at radius 3 is 2.86 bits per heavy atom. The van der Waals surface area contributed by atoms with Crippen LogP contribution in [0.1, 0.15) is 24.0 Å². The quantitative estimate of drug-likeness (QED) is 0.832. The van der Waals surface area contributed by atoms with E-state index in [2.05, 4.69) is 10.6 Å². The average molecular weight is 292 g/mol. The number of carbonyl (C=O) groups excluding carboxylic acids is 1. The summed E-state index contributed by atoms with van der Waals surface area (Å²) in [7, 11) is 1.89. The average Bonchev–Trinajstić information content (AvgIpc) is 2.48. The molecule has 2 rings (SSSR count). The molecule has 21 heavy (non-hydrogen) atoms. The second-order valence-corrected chi connectivity index (χ2v) is 5.34. The van der Waals surface area contributed by atoms with Gasteiger partial charge < -0.3 is 20.1 Å². The minimum Gasteiger partial charge on any atom is -0.483 e. The molecule has 0 radical (unpaired) electrons. The summed E-state index contributed by atoms with van der Waals surface area (Å²) in [6.45, 7) is 4.20. The van der Waals surface area contributed by atoms with E-state index in [9.17, 15) is 4.79 Å². The molecule has 5 heteroatoms. The first-order valence-electron chi connectivity index (χ1n) is 7.43. The van der Waals surface area contributed by atoms with Gasteiger partial charge in [-0.15, -0.1) is 0 Å². The molecule has 1 amide bonds. The second-order valence-electron chi connectivity index (χ2n) is 5.34. The van der Waals surface area contributed by atoms with Gasteiger partial charge >= 0.3 is 0 Å². The van der Waals surface area contributed by atoms with Crippen molar-refractivity contribution in [2.75, 3.05) is 26.9 Å². The van der Waals surface area contributed by atoms with Crippen LogP contribution in [0.15, 0.2) is 18.2 Å². The lowest BCUT2D eigenvalue weighted by Gasteiger charge is -2.23. The molecule has 1 fully saturated rings. The summed E-state index contributed by atoms with van der Waals surface area (Å²) in [4.78, 5) is 12.0. The van der Waals surface area contributed by atoms with Crippen LogP contribution in [0.3, 0.4) is 0 Å². The molecular weight excluding hydrogens is 268 g/mol. The first-order chi connectivity index (χ1) is 10.2. The van der Waals surface area contributed by atoms with Crippen molar-refractivity contribution < 1.29 is 14.3 Å². The van der Waals surface area contributed by atoms with Gasteiger partial charge in [-0.2, -0.15) is 0 Å². The lowest BCUT2D eigenvalue weighted by atomic mass is 10.1. The van der Waals surface area contributed by atoms with Gasteiger partial charge in [0.1, 0.15) is 5.75 Å². The van der Waals surface area contributed by atoms with E-state index in [-0.39, 0.29) is 18.6 Å². The van der Waals surface area contributed by atoms with Crippen LogP contribution in [-0.2, 0) is 16.1 Å². The Hall–Kier alpha value is -1.59. The highest BCUT2D eigenvalue weighted by molar-refractivity contribution is 5.78. The Morgan fingerprint density at radius 1 is 1.38 bits per heavy atom. The standard InChI is InChI=1S/C16H24N2O3/c1-12-4-3-5-13(10-17-2)16(12)21-11-15(19)18-14-6-8-20-9-7-14/h3-5,14,17H,6-11H2,1-2H3,(H,18,19). The minimum absolute atomic E-state index is 0.0545. The first-order valence-corrected chi connectivity index (χ1v) is 7.43. The fourth-order valence-corrected chi connectivity index (χ4v) is 2.50. The van der Waals surface area contributed by atoms with Crippen molar-refractivity contribution in [2.45, 2.75) is 32.4 Å².